The number of rotatable bonds is 5. The second-order valence-corrected chi connectivity index (χ2v) is 6.13. The van der Waals surface area contributed by atoms with Crippen molar-refractivity contribution >= 4 is 0 Å². The van der Waals surface area contributed by atoms with Crippen molar-refractivity contribution in [1.29, 1.82) is 0 Å². The van der Waals surface area contributed by atoms with Gasteiger partial charge in [0.15, 0.2) is 0 Å². The summed E-state index contributed by atoms with van der Waals surface area (Å²) in [5.74, 6) is 0.767. The topological polar surface area (TPSA) is 17.0 Å². The van der Waals surface area contributed by atoms with Crippen molar-refractivity contribution in [3.8, 4) is 0 Å². The zero-order valence-electron chi connectivity index (χ0n) is 13.0. The molecule has 1 N–H and O–H groups in total. The molecule has 0 spiro atoms. The number of aromatic nitrogens is 1. The van der Waals surface area contributed by atoms with Gasteiger partial charge in [-0.3, -0.25) is 0 Å². The summed E-state index contributed by atoms with van der Waals surface area (Å²) in [6.07, 6.45) is 7.40. The molecular formula is C19H26N2. The van der Waals surface area contributed by atoms with E-state index in [1.54, 1.807) is 0 Å². The number of nitrogens with one attached hydrogen (secondary N) is 1. The Bertz CT molecular complexity index is 536. The number of benzene rings is 1. The lowest BCUT2D eigenvalue weighted by Gasteiger charge is -2.29. The summed E-state index contributed by atoms with van der Waals surface area (Å²) in [5, 5.41) is 3.75. The highest BCUT2D eigenvalue weighted by Crippen LogP contribution is 2.32. The number of hydrogen-bond acceptors (Lipinski definition) is 1. The standard InChI is InChI=1S/C19H26N2/c1-2-21-14-6-9-19(21)15-20-18-12-10-17(11-13-18)16-7-4-3-5-8-16/h3-9,14,17-18,20H,2,10-13,15H2,1H3. The third-order valence-corrected chi connectivity index (χ3v) is 4.83. The van der Waals surface area contributed by atoms with Crippen molar-refractivity contribution in [3.63, 3.8) is 0 Å². The van der Waals surface area contributed by atoms with Gasteiger partial charge in [0, 0.05) is 31.0 Å². The molecule has 2 nitrogen and oxygen atoms in total. The van der Waals surface area contributed by atoms with Crippen LogP contribution in [-0.2, 0) is 13.1 Å². The predicted molar refractivity (Wildman–Crippen MR) is 88.4 cm³/mol. The highest BCUT2D eigenvalue weighted by atomic mass is 15.0. The molecular weight excluding hydrogens is 256 g/mol. The molecule has 21 heavy (non-hydrogen) atoms. The van der Waals surface area contributed by atoms with Gasteiger partial charge in [-0.1, -0.05) is 30.3 Å². The SMILES string of the molecule is CCn1cccc1CNC1CCC(c2ccccc2)CC1. The number of nitrogens with zero attached hydrogens (tertiary/aromatic N) is 1. The molecule has 0 aliphatic heterocycles. The molecule has 2 aromatic rings. The van der Waals surface area contributed by atoms with Gasteiger partial charge in [0.25, 0.3) is 0 Å². The first kappa shape index (κ1) is 14.4. The van der Waals surface area contributed by atoms with Crippen molar-refractivity contribution in [2.75, 3.05) is 0 Å². The fraction of sp³-hybridized carbons (Fsp3) is 0.474. The minimum atomic E-state index is 0.685. The Morgan fingerprint density at radius 1 is 1.00 bits per heavy atom. The highest BCUT2D eigenvalue weighted by Gasteiger charge is 2.21. The van der Waals surface area contributed by atoms with Gasteiger partial charge in [-0.05, 0) is 56.2 Å². The van der Waals surface area contributed by atoms with Crippen LogP contribution in [-0.4, -0.2) is 10.6 Å². The van der Waals surface area contributed by atoms with Gasteiger partial charge in [-0.25, -0.2) is 0 Å². The Balaban J connectivity index is 1.48. The van der Waals surface area contributed by atoms with Crippen LogP contribution in [0.25, 0.3) is 0 Å². The highest BCUT2D eigenvalue weighted by molar-refractivity contribution is 5.20. The number of hydrogen-bond donors (Lipinski definition) is 1. The van der Waals surface area contributed by atoms with Crippen LogP contribution in [0.5, 0.6) is 0 Å². The molecule has 0 bridgehead atoms. The van der Waals surface area contributed by atoms with E-state index in [4.69, 9.17) is 0 Å². The van der Waals surface area contributed by atoms with Gasteiger partial charge < -0.3 is 9.88 Å². The smallest absolute Gasteiger partial charge is 0.0361 e. The predicted octanol–water partition coefficient (Wildman–Crippen LogP) is 4.32. The molecule has 1 aromatic heterocycles. The Morgan fingerprint density at radius 3 is 2.48 bits per heavy atom. The first-order valence-corrected chi connectivity index (χ1v) is 8.29. The lowest BCUT2D eigenvalue weighted by Crippen LogP contribution is -2.32. The van der Waals surface area contributed by atoms with Gasteiger partial charge in [0.05, 0.1) is 0 Å². The summed E-state index contributed by atoms with van der Waals surface area (Å²) in [6.45, 7) is 4.26. The van der Waals surface area contributed by atoms with E-state index in [-0.39, 0.29) is 0 Å². The fourth-order valence-electron chi connectivity index (χ4n) is 3.52. The Labute approximate surface area is 128 Å². The minimum Gasteiger partial charge on any atom is -0.351 e. The molecule has 0 amide bonds. The first-order valence-electron chi connectivity index (χ1n) is 8.29. The van der Waals surface area contributed by atoms with E-state index < -0.39 is 0 Å². The molecule has 0 atom stereocenters. The van der Waals surface area contributed by atoms with E-state index in [1.165, 1.54) is 36.9 Å². The Morgan fingerprint density at radius 2 is 1.76 bits per heavy atom. The largest absolute Gasteiger partial charge is 0.351 e. The van der Waals surface area contributed by atoms with Gasteiger partial charge in [-0.2, -0.15) is 0 Å². The summed E-state index contributed by atoms with van der Waals surface area (Å²) in [7, 11) is 0. The van der Waals surface area contributed by atoms with Gasteiger partial charge in [-0.15, -0.1) is 0 Å². The molecule has 0 saturated heterocycles. The quantitative estimate of drug-likeness (QED) is 0.864. The maximum Gasteiger partial charge on any atom is 0.0361 e. The monoisotopic (exact) mass is 282 g/mol. The first-order chi connectivity index (χ1) is 10.4. The summed E-state index contributed by atoms with van der Waals surface area (Å²) >= 11 is 0. The minimum absolute atomic E-state index is 0.685. The van der Waals surface area contributed by atoms with E-state index in [0.717, 1.165) is 19.0 Å². The second kappa shape index (κ2) is 6.95. The van der Waals surface area contributed by atoms with Crippen LogP contribution in [0, 0.1) is 0 Å². The van der Waals surface area contributed by atoms with E-state index in [0.29, 0.717) is 6.04 Å². The lowest BCUT2D eigenvalue weighted by molar-refractivity contribution is 0.339. The molecule has 1 aliphatic carbocycles. The van der Waals surface area contributed by atoms with Crippen molar-refractivity contribution in [1.82, 2.24) is 9.88 Å². The molecule has 1 fully saturated rings. The molecule has 2 heteroatoms. The molecule has 1 aliphatic rings. The van der Waals surface area contributed by atoms with Crippen LogP contribution in [0.1, 0.15) is 49.8 Å². The zero-order chi connectivity index (χ0) is 14.5. The Kier molecular flexibility index (Phi) is 4.76. The molecule has 0 unspecified atom stereocenters. The van der Waals surface area contributed by atoms with Crippen LogP contribution in [0.15, 0.2) is 48.7 Å². The van der Waals surface area contributed by atoms with Crippen LogP contribution in [0.2, 0.25) is 0 Å². The van der Waals surface area contributed by atoms with Crippen LogP contribution in [0.4, 0.5) is 0 Å². The third-order valence-electron chi connectivity index (χ3n) is 4.83. The molecule has 112 valence electrons. The average Bonchev–Trinajstić information content (AvgIpc) is 3.02. The molecule has 0 radical (unpaired) electrons. The van der Waals surface area contributed by atoms with E-state index in [2.05, 4.69) is 65.5 Å². The molecule has 1 aromatic carbocycles. The summed E-state index contributed by atoms with van der Waals surface area (Å²) in [4.78, 5) is 0. The van der Waals surface area contributed by atoms with Crippen LogP contribution < -0.4 is 5.32 Å². The van der Waals surface area contributed by atoms with Crippen molar-refractivity contribution in [2.24, 2.45) is 0 Å². The molecule has 3 rings (SSSR count). The normalized spacial score (nSPS) is 22.3. The van der Waals surface area contributed by atoms with Crippen LogP contribution >= 0.6 is 0 Å². The third kappa shape index (κ3) is 3.56. The van der Waals surface area contributed by atoms with E-state index in [9.17, 15) is 0 Å². The second-order valence-electron chi connectivity index (χ2n) is 6.13. The van der Waals surface area contributed by atoms with E-state index in [1.807, 2.05) is 0 Å². The number of aryl methyl sites for hydroxylation is 1. The maximum atomic E-state index is 3.75. The summed E-state index contributed by atoms with van der Waals surface area (Å²) < 4.78 is 2.32. The fourth-order valence-corrected chi connectivity index (χ4v) is 3.52. The average molecular weight is 282 g/mol. The summed E-state index contributed by atoms with van der Waals surface area (Å²) in [5.41, 5.74) is 2.93. The molecule has 1 heterocycles. The van der Waals surface area contributed by atoms with Crippen molar-refractivity contribution in [2.45, 2.75) is 57.7 Å². The molecule has 1 saturated carbocycles. The van der Waals surface area contributed by atoms with Gasteiger partial charge in [0.1, 0.15) is 0 Å². The van der Waals surface area contributed by atoms with Crippen molar-refractivity contribution in [3.05, 3.63) is 59.9 Å². The van der Waals surface area contributed by atoms with E-state index >= 15 is 0 Å². The van der Waals surface area contributed by atoms with Crippen LogP contribution in [0.3, 0.4) is 0 Å². The Hall–Kier alpha value is -1.54. The van der Waals surface area contributed by atoms with Crippen molar-refractivity contribution < 1.29 is 0 Å². The van der Waals surface area contributed by atoms with Gasteiger partial charge >= 0.3 is 0 Å². The maximum absolute atomic E-state index is 3.75. The lowest BCUT2D eigenvalue weighted by atomic mass is 9.82. The van der Waals surface area contributed by atoms with Gasteiger partial charge in [0.2, 0.25) is 0 Å². The zero-order valence-corrected chi connectivity index (χ0v) is 13.0. The summed E-state index contributed by atoms with van der Waals surface area (Å²) in [6, 6.07) is 16.1.